The number of anilines is 1. The van der Waals surface area contributed by atoms with E-state index in [9.17, 15) is 14.9 Å². The van der Waals surface area contributed by atoms with Gasteiger partial charge in [0.2, 0.25) is 0 Å². The van der Waals surface area contributed by atoms with Gasteiger partial charge in [0.25, 0.3) is 5.69 Å². The Morgan fingerprint density at radius 1 is 1.30 bits per heavy atom. The maximum absolute atomic E-state index is 11.4. The van der Waals surface area contributed by atoms with Gasteiger partial charge in [-0.05, 0) is 42.8 Å². The van der Waals surface area contributed by atoms with Gasteiger partial charge in [-0.1, -0.05) is 6.07 Å². The van der Waals surface area contributed by atoms with E-state index in [1.54, 1.807) is 49.5 Å². The van der Waals surface area contributed by atoms with E-state index in [0.29, 0.717) is 18.0 Å². The van der Waals surface area contributed by atoms with E-state index in [0.717, 1.165) is 5.56 Å². The summed E-state index contributed by atoms with van der Waals surface area (Å²) in [5, 5.41) is 13.2. The smallest absolute Gasteiger partial charge is 0.411 e. The minimum absolute atomic E-state index is 0.0304. The van der Waals surface area contributed by atoms with Crippen LogP contribution < -0.4 is 5.32 Å². The third-order valence-corrected chi connectivity index (χ3v) is 2.83. The van der Waals surface area contributed by atoms with E-state index < -0.39 is 11.0 Å². The number of nitro groups is 1. The first-order valence-corrected chi connectivity index (χ1v) is 6.91. The molecule has 0 aromatic heterocycles. The number of nitro benzene ring substituents is 1. The van der Waals surface area contributed by atoms with Crippen molar-refractivity contribution in [1.82, 2.24) is 0 Å². The second-order valence-corrected chi connectivity index (χ2v) is 4.50. The number of carbonyl (C=O) groups excluding carboxylic acids is 1. The van der Waals surface area contributed by atoms with Crippen LogP contribution in [0.2, 0.25) is 0 Å². The van der Waals surface area contributed by atoms with Gasteiger partial charge in [-0.3, -0.25) is 20.4 Å². The second-order valence-electron chi connectivity index (χ2n) is 4.50. The van der Waals surface area contributed by atoms with E-state index in [1.807, 2.05) is 0 Å². The summed E-state index contributed by atoms with van der Waals surface area (Å²) in [6.07, 6.45) is 1.07. The number of nitrogens with zero attached hydrogens (tertiary/aromatic N) is 2. The zero-order valence-corrected chi connectivity index (χ0v) is 12.4. The summed E-state index contributed by atoms with van der Waals surface area (Å²) >= 11 is 0. The van der Waals surface area contributed by atoms with Crippen LogP contribution in [0, 0.1) is 10.1 Å². The summed E-state index contributed by atoms with van der Waals surface area (Å²) in [4.78, 5) is 25.8. The highest BCUT2D eigenvalue weighted by atomic mass is 16.6. The highest BCUT2D eigenvalue weighted by Gasteiger charge is 2.03. The standard InChI is InChI=1S/C16H15N3O4/c1-2-23-16(20)18-14-5-3-4-13(10-14)17-11-12-6-8-15(9-7-12)19(21)22/h3-11H,2H2,1H3,(H,18,20). The maximum atomic E-state index is 11.4. The summed E-state index contributed by atoms with van der Waals surface area (Å²) in [6.45, 7) is 2.02. The van der Waals surface area contributed by atoms with Gasteiger partial charge < -0.3 is 4.74 Å². The Kier molecular flexibility index (Phi) is 5.40. The number of nitrogens with one attached hydrogen (secondary N) is 1. The molecule has 0 bridgehead atoms. The number of benzene rings is 2. The number of rotatable bonds is 5. The minimum atomic E-state index is -0.524. The fourth-order valence-corrected chi connectivity index (χ4v) is 1.78. The van der Waals surface area contributed by atoms with Gasteiger partial charge in [0, 0.05) is 24.0 Å². The summed E-state index contributed by atoms with van der Waals surface area (Å²) in [5.74, 6) is 0. The highest BCUT2D eigenvalue weighted by Crippen LogP contribution is 2.18. The van der Waals surface area contributed by atoms with Crippen molar-refractivity contribution in [3.63, 3.8) is 0 Å². The van der Waals surface area contributed by atoms with Gasteiger partial charge in [-0.2, -0.15) is 0 Å². The van der Waals surface area contributed by atoms with Crippen molar-refractivity contribution in [3.8, 4) is 0 Å². The fourth-order valence-electron chi connectivity index (χ4n) is 1.78. The fraction of sp³-hybridized carbons (Fsp3) is 0.125. The molecule has 7 heteroatoms. The lowest BCUT2D eigenvalue weighted by Crippen LogP contribution is -2.12. The van der Waals surface area contributed by atoms with Crippen LogP contribution in [0.5, 0.6) is 0 Å². The van der Waals surface area contributed by atoms with Crippen molar-refractivity contribution in [2.24, 2.45) is 4.99 Å². The van der Waals surface area contributed by atoms with Gasteiger partial charge in [-0.15, -0.1) is 0 Å². The van der Waals surface area contributed by atoms with Crippen molar-refractivity contribution < 1.29 is 14.5 Å². The Morgan fingerprint density at radius 2 is 2.04 bits per heavy atom. The molecule has 2 aromatic carbocycles. The number of non-ortho nitro benzene ring substituents is 1. The Balaban J connectivity index is 2.07. The molecule has 0 aliphatic carbocycles. The molecule has 0 aliphatic rings. The lowest BCUT2D eigenvalue weighted by molar-refractivity contribution is -0.384. The average Bonchev–Trinajstić information content (AvgIpc) is 2.54. The Morgan fingerprint density at radius 3 is 2.70 bits per heavy atom. The van der Waals surface area contributed by atoms with Crippen molar-refractivity contribution in [1.29, 1.82) is 0 Å². The third kappa shape index (κ3) is 4.92. The molecule has 1 amide bonds. The lowest BCUT2D eigenvalue weighted by atomic mass is 10.2. The number of hydrogen-bond donors (Lipinski definition) is 1. The predicted octanol–water partition coefficient (Wildman–Crippen LogP) is 3.91. The minimum Gasteiger partial charge on any atom is -0.450 e. The molecule has 2 aromatic rings. The van der Waals surface area contributed by atoms with Crippen LogP contribution in [0.1, 0.15) is 12.5 Å². The summed E-state index contributed by atoms with van der Waals surface area (Å²) in [7, 11) is 0. The van der Waals surface area contributed by atoms with Gasteiger partial charge in [0.15, 0.2) is 0 Å². The third-order valence-electron chi connectivity index (χ3n) is 2.83. The van der Waals surface area contributed by atoms with Crippen molar-refractivity contribution in [2.45, 2.75) is 6.92 Å². The van der Waals surface area contributed by atoms with Crippen LogP contribution in [0.15, 0.2) is 53.5 Å². The first-order valence-electron chi connectivity index (χ1n) is 6.91. The zero-order chi connectivity index (χ0) is 16.7. The molecule has 0 spiro atoms. The van der Waals surface area contributed by atoms with E-state index in [-0.39, 0.29) is 5.69 Å². The quantitative estimate of drug-likeness (QED) is 0.514. The van der Waals surface area contributed by atoms with Crippen LogP contribution in [0.25, 0.3) is 0 Å². The van der Waals surface area contributed by atoms with Crippen molar-refractivity contribution in [3.05, 3.63) is 64.2 Å². The van der Waals surface area contributed by atoms with Crippen LogP contribution in [-0.2, 0) is 4.74 Å². The predicted molar refractivity (Wildman–Crippen MR) is 87.4 cm³/mol. The molecule has 23 heavy (non-hydrogen) atoms. The Hall–Kier alpha value is -3.22. The molecule has 0 fully saturated rings. The molecule has 7 nitrogen and oxygen atoms in total. The SMILES string of the molecule is CCOC(=O)Nc1cccc(N=Cc2ccc([N+](=O)[O-])cc2)c1. The molecule has 0 unspecified atom stereocenters. The monoisotopic (exact) mass is 313 g/mol. The molecular weight excluding hydrogens is 298 g/mol. The lowest BCUT2D eigenvalue weighted by Gasteiger charge is -2.05. The molecule has 0 heterocycles. The maximum Gasteiger partial charge on any atom is 0.411 e. The van der Waals surface area contributed by atoms with Gasteiger partial charge in [-0.25, -0.2) is 4.79 Å². The largest absolute Gasteiger partial charge is 0.450 e. The van der Waals surface area contributed by atoms with Crippen LogP contribution in [0.3, 0.4) is 0 Å². The van der Waals surface area contributed by atoms with E-state index in [1.165, 1.54) is 12.1 Å². The first kappa shape index (κ1) is 16.2. The summed E-state index contributed by atoms with van der Waals surface area (Å²) < 4.78 is 4.80. The van der Waals surface area contributed by atoms with Gasteiger partial charge in [0.05, 0.1) is 17.2 Å². The number of ether oxygens (including phenoxy) is 1. The van der Waals surface area contributed by atoms with Crippen LogP contribution in [0.4, 0.5) is 21.9 Å². The molecular formula is C16H15N3O4. The average molecular weight is 313 g/mol. The molecule has 0 saturated heterocycles. The number of hydrogen-bond acceptors (Lipinski definition) is 5. The topological polar surface area (TPSA) is 93.8 Å². The Bertz CT molecular complexity index is 726. The highest BCUT2D eigenvalue weighted by molar-refractivity contribution is 5.86. The van der Waals surface area contributed by atoms with Gasteiger partial charge in [0.1, 0.15) is 0 Å². The van der Waals surface area contributed by atoms with E-state index in [2.05, 4.69) is 10.3 Å². The van der Waals surface area contributed by atoms with E-state index in [4.69, 9.17) is 4.74 Å². The molecule has 1 N–H and O–H groups in total. The van der Waals surface area contributed by atoms with E-state index >= 15 is 0 Å². The summed E-state index contributed by atoms with van der Waals surface area (Å²) in [6, 6.07) is 13.0. The summed E-state index contributed by atoms with van der Waals surface area (Å²) in [5.41, 5.74) is 1.97. The van der Waals surface area contributed by atoms with Gasteiger partial charge >= 0.3 is 6.09 Å². The second kappa shape index (κ2) is 7.69. The molecule has 118 valence electrons. The van der Waals surface area contributed by atoms with Crippen molar-refractivity contribution >= 4 is 29.4 Å². The Labute approximate surface area is 132 Å². The zero-order valence-electron chi connectivity index (χ0n) is 12.4. The van der Waals surface area contributed by atoms with Crippen molar-refractivity contribution in [2.75, 3.05) is 11.9 Å². The molecule has 2 rings (SSSR count). The number of amides is 1. The first-order chi connectivity index (χ1) is 11.1. The van der Waals surface area contributed by atoms with Crippen LogP contribution >= 0.6 is 0 Å². The molecule has 0 radical (unpaired) electrons. The molecule has 0 aliphatic heterocycles. The number of aliphatic imine (C=N–C) groups is 1. The van der Waals surface area contributed by atoms with Crippen LogP contribution in [-0.4, -0.2) is 23.8 Å². The molecule has 0 atom stereocenters. The number of carbonyl (C=O) groups is 1. The normalized spacial score (nSPS) is 10.5. The molecule has 0 saturated carbocycles.